The van der Waals surface area contributed by atoms with Gasteiger partial charge in [0.15, 0.2) is 0 Å². The van der Waals surface area contributed by atoms with Crippen molar-refractivity contribution in [2.24, 2.45) is 5.84 Å². The summed E-state index contributed by atoms with van der Waals surface area (Å²) in [6.07, 6.45) is 0.783. The van der Waals surface area contributed by atoms with Crippen LogP contribution >= 0.6 is 0 Å². The standard InChI is InChI=1S/C12H24N6/c1-6-10-15-11(9(3)12(16-10)17-13)14-8(2)7-18(4)5/h8H,6-7,13H2,1-5H3,(H2,14,15,16,17). The summed E-state index contributed by atoms with van der Waals surface area (Å²) in [6.45, 7) is 7.05. The minimum absolute atomic E-state index is 0.309. The zero-order valence-corrected chi connectivity index (χ0v) is 11.9. The molecule has 1 heterocycles. The first-order valence-corrected chi connectivity index (χ1v) is 6.23. The van der Waals surface area contributed by atoms with Gasteiger partial charge in [-0.2, -0.15) is 0 Å². The maximum absolute atomic E-state index is 5.48. The lowest BCUT2D eigenvalue weighted by Gasteiger charge is -2.21. The van der Waals surface area contributed by atoms with Crippen molar-refractivity contribution in [2.75, 3.05) is 31.4 Å². The minimum Gasteiger partial charge on any atom is -0.366 e. The molecule has 18 heavy (non-hydrogen) atoms. The molecule has 0 amide bonds. The van der Waals surface area contributed by atoms with E-state index in [0.29, 0.717) is 11.9 Å². The van der Waals surface area contributed by atoms with Gasteiger partial charge in [0.2, 0.25) is 0 Å². The van der Waals surface area contributed by atoms with Gasteiger partial charge in [-0.25, -0.2) is 15.8 Å². The van der Waals surface area contributed by atoms with Gasteiger partial charge in [0.1, 0.15) is 17.5 Å². The summed E-state index contributed by atoms with van der Waals surface area (Å²) in [5.74, 6) is 7.80. The average molecular weight is 252 g/mol. The Hall–Kier alpha value is -1.40. The molecule has 0 fully saturated rings. The molecule has 0 aliphatic heterocycles. The summed E-state index contributed by atoms with van der Waals surface area (Å²) in [7, 11) is 4.10. The molecule has 1 aromatic rings. The van der Waals surface area contributed by atoms with Crippen molar-refractivity contribution in [2.45, 2.75) is 33.2 Å². The zero-order chi connectivity index (χ0) is 13.7. The molecule has 1 unspecified atom stereocenters. The third-order valence-electron chi connectivity index (χ3n) is 2.67. The molecule has 6 heteroatoms. The molecule has 6 nitrogen and oxygen atoms in total. The molecule has 0 saturated heterocycles. The van der Waals surface area contributed by atoms with Gasteiger partial charge in [0.05, 0.1) is 0 Å². The molecule has 1 aromatic heterocycles. The lowest BCUT2D eigenvalue weighted by Crippen LogP contribution is -2.30. The predicted octanol–water partition coefficient (Wildman–Crippen LogP) is 0.995. The van der Waals surface area contributed by atoms with Crippen LogP contribution in [0.25, 0.3) is 0 Å². The molecule has 4 N–H and O–H groups in total. The first-order chi connectivity index (χ1) is 8.47. The Morgan fingerprint density at radius 2 is 1.89 bits per heavy atom. The van der Waals surface area contributed by atoms with Crippen LogP contribution in [0.2, 0.25) is 0 Å². The van der Waals surface area contributed by atoms with Crippen molar-refractivity contribution in [3.05, 3.63) is 11.4 Å². The van der Waals surface area contributed by atoms with Crippen LogP contribution < -0.4 is 16.6 Å². The largest absolute Gasteiger partial charge is 0.366 e. The highest BCUT2D eigenvalue weighted by atomic mass is 15.3. The van der Waals surface area contributed by atoms with Crippen LogP contribution in [0.3, 0.4) is 0 Å². The van der Waals surface area contributed by atoms with Crippen molar-refractivity contribution in [3.63, 3.8) is 0 Å². The number of anilines is 2. The van der Waals surface area contributed by atoms with Crippen molar-refractivity contribution in [3.8, 4) is 0 Å². The lowest BCUT2D eigenvalue weighted by atomic mass is 10.2. The summed E-state index contributed by atoms with van der Waals surface area (Å²) < 4.78 is 0. The second-order valence-electron chi connectivity index (χ2n) is 4.77. The molecular formula is C12H24N6. The fourth-order valence-corrected chi connectivity index (χ4v) is 1.83. The molecule has 1 rings (SSSR count). The Morgan fingerprint density at radius 3 is 2.39 bits per heavy atom. The fourth-order valence-electron chi connectivity index (χ4n) is 1.83. The SMILES string of the molecule is CCc1nc(NN)c(C)c(NC(C)CN(C)C)n1. The van der Waals surface area contributed by atoms with E-state index >= 15 is 0 Å². The zero-order valence-electron chi connectivity index (χ0n) is 11.9. The Labute approximate surface area is 109 Å². The Bertz CT molecular complexity index is 390. The summed E-state index contributed by atoms with van der Waals surface area (Å²) >= 11 is 0. The maximum atomic E-state index is 5.48. The van der Waals surface area contributed by atoms with Gasteiger partial charge in [0, 0.05) is 24.6 Å². The van der Waals surface area contributed by atoms with Crippen LogP contribution in [0, 0.1) is 6.92 Å². The molecule has 0 radical (unpaired) electrons. The van der Waals surface area contributed by atoms with Gasteiger partial charge >= 0.3 is 0 Å². The first-order valence-electron chi connectivity index (χ1n) is 6.23. The monoisotopic (exact) mass is 252 g/mol. The minimum atomic E-state index is 0.309. The highest BCUT2D eigenvalue weighted by Crippen LogP contribution is 2.20. The summed E-state index contributed by atoms with van der Waals surface area (Å²) in [5, 5.41) is 3.40. The molecule has 0 bridgehead atoms. The predicted molar refractivity (Wildman–Crippen MR) is 75.6 cm³/mol. The van der Waals surface area contributed by atoms with Crippen molar-refractivity contribution >= 4 is 11.6 Å². The number of nitrogens with one attached hydrogen (secondary N) is 2. The van der Waals surface area contributed by atoms with E-state index in [1.807, 2.05) is 13.8 Å². The van der Waals surface area contributed by atoms with Gasteiger partial charge in [-0.05, 0) is 27.9 Å². The number of aryl methyl sites for hydroxylation is 1. The van der Waals surface area contributed by atoms with Crippen LogP contribution in [0.5, 0.6) is 0 Å². The van der Waals surface area contributed by atoms with Crippen LogP contribution in [-0.4, -0.2) is 41.5 Å². The Balaban J connectivity index is 2.93. The smallest absolute Gasteiger partial charge is 0.148 e. The average Bonchev–Trinajstić information content (AvgIpc) is 2.30. The molecule has 102 valence electrons. The van der Waals surface area contributed by atoms with Gasteiger partial charge < -0.3 is 15.6 Å². The van der Waals surface area contributed by atoms with E-state index in [9.17, 15) is 0 Å². The number of hydrazine groups is 1. The number of aromatic nitrogens is 2. The van der Waals surface area contributed by atoms with E-state index in [0.717, 1.165) is 30.2 Å². The molecule has 0 spiro atoms. The number of nitrogens with two attached hydrogens (primary N) is 1. The normalized spacial score (nSPS) is 12.6. The van der Waals surface area contributed by atoms with Gasteiger partial charge in [-0.15, -0.1) is 0 Å². The van der Waals surface area contributed by atoms with E-state index in [1.165, 1.54) is 0 Å². The molecule has 0 aliphatic rings. The number of rotatable bonds is 6. The third-order valence-corrected chi connectivity index (χ3v) is 2.67. The van der Waals surface area contributed by atoms with Gasteiger partial charge in [0.25, 0.3) is 0 Å². The lowest BCUT2D eigenvalue weighted by molar-refractivity contribution is 0.392. The first kappa shape index (κ1) is 14.7. The topological polar surface area (TPSA) is 79.1 Å². The molecule has 0 saturated carbocycles. The highest BCUT2D eigenvalue weighted by Gasteiger charge is 2.12. The van der Waals surface area contributed by atoms with E-state index in [-0.39, 0.29) is 0 Å². The second kappa shape index (κ2) is 6.51. The molecule has 0 aliphatic carbocycles. The second-order valence-corrected chi connectivity index (χ2v) is 4.77. The Kier molecular flexibility index (Phi) is 5.30. The number of hydrogen-bond donors (Lipinski definition) is 3. The number of nitrogen functional groups attached to an aromatic ring is 1. The molecule has 1 atom stereocenters. The van der Waals surface area contributed by atoms with E-state index < -0.39 is 0 Å². The van der Waals surface area contributed by atoms with Crippen LogP contribution in [0.4, 0.5) is 11.6 Å². The van der Waals surface area contributed by atoms with Crippen LogP contribution in [0.15, 0.2) is 0 Å². The van der Waals surface area contributed by atoms with Crippen LogP contribution in [-0.2, 0) is 6.42 Å². The molecule has 0 aromatic carbocycles. The third kappa shape index (κ3) is 3.82. The van der Waals surface area contributed by atoms with E-state index in [1.54, 1.807) is 0 Å². The number of nitrogens with zero attached hydrogens (tertiary/aromatic N) is 3. The Morgan fingerprint density at radius 1 is 1.28 bits per heavy atom. The summed E-state index contributed by atoms with van der Waals surface area (Å²) in [5.41, 5.74) is 3.57. The van der Waals surface area contributed by atoms with Crippen molar-refractivity contribution in [1.82, 2.24) is 14.9 Å². The van der Waals surface area contributed by atoms with Crippen LogP contribution in [0.1, 0.15) is 25.2 Å². The van der Waals surface area contributed by atoms with Crippen molar-refractivity contribution in [1.29, 1.82) is 0 Å². The van der Waals surface area contributed by atoms with Crippen molar-refractivity contribution < 1.29 is 0 Å². The highest BCUT2D eigenvalue weighted by molar-refractivity contribution is 5.57. The number of likely N-dealkylation sites (N-methyl/N-ethyl adjacent to an activating group) is 1. The maximum Gasteiger partial charge on any atom is 0.148 e. The fraction of sp³-hybridized carbons (Fsp3) is 0.667. The number of hydrogen-bond acceptors (Lipinski definition) is 6. The quantitative estimate of drug-likeness (QED) is 0.518. The van der Waals surface area contributed by atoms with Gasteiger partial charge in [-0.1, -0.05) is 6.92 Å². The summed E-state index contributed by atoms with van der Waals surface area (Å²) in [4.78, 5) is 11.0. The van der Waals surface area contributed by atoms with E-state index in [4.69, 9.17) is 5.84 Å². The molecular weight excluding hydrogens is 228 g/mol. The van der Waals surface area contributed by atoms with Gasteiger partial charge in [-0.3, -0.25) is 0 Å². The summed E-state index contributed by atoms with van der Waals surface area (Å²) in [6, 6.07) is 0.309. The van der Waals surface area contributed by atoms with E-state index in [2.05, 4.69) is 46.6 Å².